The molecule has 26 heavy (non-hydrogen) atoms. The van der Waals surface area contributed by atoms with E-state index in [0.29, 0.717) is 0 Å². The first-order valence-electron chi connectivity index (χ1n) is 8.75. The van der Waals surface area contributed by atoms with Crippen molar-refractivity contribution >= 4 is 10.1 Å². The van der Waals surface area contributed by atoms with Gasteiger partial charge >= 0.3 is 21.2 Å². The molecule has 142 valence electrons. The Kier molecular flexibility index (Phi) is 10.8. The Morgan fingerprint density at radius 2 is 1.65 bits per heavy atom. The van der Waals surface area contributed by atoms with Crippen molar-refractivity contribution in [2.75, 3.05) is 0 Å². The SMILES string of the molecule is CCCC/C(=C/[I+]c1ccccc1)CC.Cc1ccc(S(=O)(=O)[O-])cc1. The lowest BCUT2D eigenvalue weighted by Gasteiger charge is -2.05. The lowest BCUT2D eigenvalue weighted by atomic mass is 10.1. The molecule has 0 aliphatic heterocycles. The van der Waals surface area contributed by atoms with E-state index in [9.17, 15) is 13.0 Å². The lowest BCUT2D eigenvalue weighted by molar-refractivity contribution is -0.557. The first-order chi connectivity index (χ1) is 12.4. The average Bonchev–Trinajstić information content (AvgIpc) is 2.63. The van der Waals surface area contributed by atoms with Crippen molar-refractivity contribution in [3.8, 4) is 0 Å². The third kappa shape index (κ3) is 9.50. The van der Waals surface area contributed by atoms with Crippen molar-refractivity contribution < 1.29 is 34.2 Å². The van der Waals surface area contributed by atoms with E-state index in [1.54, 1.807) is 17.7 Å². The molecule has 2 aromatic rings. The molecule has 0 bridgehead atoms. The lowest BCUT2D eigenvalue weighted by Crippen LogP contribution is -3.59. The van der Waals surface area contributed by atoms with E-state index in [4.69, 9.17) is 0 Å². The maximum Gasteiger partial charge on any atom is 0.349 e. The van der Waals surface area contributed by atoms with E-state index in [2.05, 4.69) is 48.3 Å². The second kappa shape index (κ2) is 12.3. The predicted molar refractivity (Wildman–Crippen MR) is 102 cm³/mol. The predicted octanol–water partition coefficient (Wildman–Crippen LogP) is 2.33. The van der Waals surface area contributed by atoms with E-state index in [0.717, 1.165) is 5.56 Å². The van der Waals surface area contributed by atoms with Gasteiger partial charge in [0.25, 0.3) is 0 Å². The molecule has 0 aliphatic carbocycles. The van der Waals surface area contributed by atoms with Crippen LogP contribution in [0.5, 0.6) is 0 Å². The van der Waals surface area contributed by atoms with Crippen LogP contribution in [0.25, 0.3) is 0 Å². The summed E-state index contributed by atoms with van der Waals surface area (Å²) in [7, 11) is -4.27. The van der Waals surface area contributed by atoms with Gasteiger partial charge in [-0.3, -0.25) is 0 Å². The standard InChI is InChI=1S/C14H20I.C7H8O3S/c1-3-5-9-13(4-2)12-15-14-10-7-6-8-11-14;1-6-2-4-7(5-3-6)11(8,9)10/h6-8,10-12H,3-5,9H2,1-2H3;2-5H,1H3,(H,8,9,10)/q+1;/p-1/b13-12+;. The van der Waals surface area contributed by atoms with Crippen LogP contribution >= 0.6 is 0 Å². The van der Waals surface area contributed by atoms with E-state index in [1.807, 2.05) is 6.92 Å². The minimum absolute atomic E-state index is 0.100. The summed E-state index contributed by atoms with van der Waals surface area (Å²) >= 11 is 0.100. The number of allylic oxidation sites excluding steroid dienone is 1. The molecule has 0 aromatic heterocycles. The molecule has 0 radical (unpaired) electrons. The van der Waals surface area contributed by atoms with Gasteiger partial charge in [-0.15, -0.1) is 0 Å². The van der Waals surface area contributed by atoms with Crippen LogP contribution in [-0.2, 0) is 10.1 Å². The monoisotopic (exact) mass is 486 g/mol. The summed E-state index contributed by atoms with van der Waals surface area (Å²) in [6.45, 7) is 6.36. The fourth-order valence-electron chi connectivity index (χ4n) is 2.04. The van der Waals surface area contributed by atoms with Gasteiger partial charge in [0.15, 0.2) is 7.65 Å². The van der Waals surface area contributed by atoms with Crippen LogP contribution in [0.15, 0.2) is 69.1 Å². The molecule has 0 heterocycles. The van der Waals surface area contributed by atoms with Crippen molar-refractivity contribution in [3.63, 3.8) is 0 Å². The molecule has 0 spiro atoms. The molecule has 0 aliphatic rings. The first kappa shape index (κ1) is 22.9. The number of hydrogen-bond donors (Lipinski definition) is 0. The van der Waals surface area contributed by atoms with Gasteiger partial charge in [-0.1, -0.05) is 56.2 Å². The van der Waals surface area contributed by atoms with Gasteiger partial charge in [0, 0.05) is 0 Å². The molecule has 0 amide bonds. The average molecular weight is 486 g/mol. The second-order valence-corrected chi connectivity index (χ2v) is 9.77. The quantitative estimate of drug-likeness (QED) is 0.446. The summed E-state index contributed by atoms with van der Waals surface area (Å²) in [5, 5.41) is 0. The summed E-state index contributed by atoms with van der Waals surface area (Å²) < 4.78 is 35.2. The highest BCUT2D eigenvalue weighted by Gasteiger charge is 2.08. The molecule has 2 rings (SSSR count). The van der Waals surface area contributed by atoms with Crippen molar-refractivity contribution in [2.24, 2.45) is 0 Å². The zero-order valence-corrected chi connectivity index (χ0v) is 18.6. The van der Waals surface area contributed by atoms with Crippen molar-refractivity contribution in [1.29, 1.82) is 0 Å². The molecule has 2 aromatic carbocycles. The van der Waals surface area contributed by atoms with Crippen LogP contribution in [0.1, 0.15) is 45.1 Å². The number of unbranched alkanes of at least 4 members (excludes halogenated alkanes) is 1. The van der Waals surface area contributed by atoms with E-state index in [-0.39, 0.29) is 26.1 Å². The zero-order valence-electron chi connectivity index (χ0n) is 15.6. The maximum atomic E-state index is 10.4. The van der Waals surface area contributed by atoms with Gasteiger partial charge in [-0.2, -0.15) is 0 Å². The normalized spacial score (nSPS) is 11.6. The Hall–Kier alpha value is -1.18. The molecular formula is C21H27IO3S. The summed E-state index contributed by atoms with van der Waals surface area (Å²) in [6, 6.07) is 16.6. The smallest absolute Gasteiger partial charge is 0.349 e. The van der Waals surface area contributed by atoms with Crippen LogP contribution in [0.4, 0.5) is 0 Å². The van der Waals surface area contributed by atoms with Crippen molar-refractivity contribution in [3.05, 3.63) is 73.4 Å². The van der Waals surface area contributed by atoms with Crippen LogP contribution in [0.3, 0.4) is 0 Å². The largest absolute Gasteiger partial charge is 0.744 e. The van der Waals surface area contributed by atoms with Crippen molar-refractivity contribution in [1.82, 2.24) is 0 Å². The third-order valence-corrected chi connectivity index (χ3v) is 7.16. The Bertz CT molecular complexity index is 767. The van der Waals surface area contributed by atoms with E-state index >= 15 is 0 Å². The van der Waals surface area contributed by atoms with E-state index < -0.39 is 10.1 Å². The fourth-order valence-corrected chi connectivity index (χ4v) is 4.90. The highest BCUT2D eigenvalue weighted by molar-refractivity contribution is 7.85. The van der Waals surface area contributed by atoms with Crippen LogP contribution in [0.2, 0.25) is 0 Å². The summed E-state index contributed by atoms with van der Waals surface area (Å²) in [6.07, 6.45) is 5.19. The maximum absolute atomic E-state index is 10.4. The summed E-state index contributed by atoms with van der Waals surface area (Å²) in [5.74, 6) is 0. The highest BCUT2D eigenvalue weighted by Crippen LogP contribution is 2.09. The minimum Gasteiger partial charge on any atom is -0.744 e. The third-order valence-electron chi connectivity index (χ3n) is 3.68. The van der Waals surface area contributed by atoms with Gasteiger partial charge in [0.1, 0.15) is 10.1 Å². The van der Waals surface area contributed by atoms with Crippen LogP contribution in [-0.4, -0.2) is 13.0 Å². The Labute approximate surface area is 168 Å². The number of hydrogen-bond acceptors (Lipinski definition) is 3. The number of benzene rings is 2. The minimum atomic E-state index is -4.27. The summed E-state index contributed by atoms with van der Waals surface area (Å²) in [4.78, 5) is -0.178. The molecule has 3 nitrogen and oxygen atoms in total. The Morgan fingerprint density at radius 1 is 1.04 bits per heavy atom. The van der Waals surface area contributed by atoms with Gasteiger partial charge < -0.3 is 4.55 Å². The molecule has 0 N–H and O–H groups in total. The number of rotatable bonds is 7. The molecule has 0 fully saturated rings. The number of aryl methyl sites for hydroxylation is 1. The Balaban J connectivity index is 0.000000273. The highest BCUT2D eigenvalue weighted by atomic mass is 127. The molecule has 0 saturated heterocycles. The van der Waals surface area contributed by atoms with Gasteiger partial charge in [-0.25, -0.2) is 8.42 Å². The van der Waals surface area contributed by atoms with Gasteiger partial charge in [0.2, 0.25) is 0 Å². The molecule has 0 saturated carbocycles. The first-order valence-corrected chi connectivity index (χ1v) is 12.5. The fraction of sp³-hybridized carbons (Fsp3) is 0.333. The topological polar surface area (TPSA) is 57.2 Å². The molecule has 0 atom stereocenters. The molecule has 5 heteroatoms. The second-order valence-electron chi connectivity index (χ2n) is 5.90. The zero-order chi connectivity index (χ0) is 19.4. The van der Waals surface area contributed by atoms with Crippen molar-refractivity contribution in [2.45, 2.75) is 51.3 Å². The van der Waals surface area contributed by atoms with Gasteiger partial charge in [-0.05, 0) is 56.0 Å². The van der Waals surface area contributed by atoms with Gasteiger partial charge in [0.05, 0.1) is 4.90 Å². The van der Waals surface area contributed by atoms with E-state index in [1.165, 1.54) is 41.4 Å². The summed E-state index contributed by atoms with van der Waals surface area (Å²) in [5.41, 5.74) is 2.59. The number of halogens is 1. The Morgan fingerprint density at radius 3 is 2.15 bits per heavy atom. The van der Waals surface area contributed by atoms with Crippen LogP contribution in [0, 0.1) is 10.5 Å². The molecule has 0 unspecified atom stereocenters. The van der Waals surface area contributed by atoms with Crippen LogP contribution < -0.4 is 21.2 Å². The molecular weight excluding hydrogens is 459 g/mol.